The Bertz CT molecular complexity index is 947. The molecule has 3 rings (SSSR count). The van der Waals surface area contributed by atoms with Crippen molar-refractivity contribution in [3.05, 3.63) is 83.4 Å². The Labute approximate surface area is 195 Å². The molecule has 0 bridgehead atoms. The van der Waals surface area contributed by atoms with Crippen LogP contribution in [-0.2, 0) is 17.6 Å². The van der Waals surface area contributed by atoms with Gasteiger partial charge in [-0.25, -0.2) is 4.79 Å². The van der Waals surface area contributed by atoms with Gasteiger partial charge in [-0.05, 0) is 59.9 Å². The predicted octanol–water partition coefficient (Wildman–Crippen LogP) is 5.83. The second-order valence-corrected chi connectivity index (χ2v) is 8.68. The van der Waals surface area contributed by atoms with E-state index in [9.17, 15) is 14.7 Å². The van der Waals surface area contributed by atoms with Crippen LogP contribution in [0.1, 0.15) is 53.2 Å². The Morgan fingerprint density at radius 2 is 1.91 bits per heavy atom. The third kappa shape index (κ3) is 8.13. The van der Waals surface area contributed by atoms with Crippen LogP contribution in [0.2, 0.25) is 0 Å². The van der Waals surface area contributed by atoms with Gasteiger partial charge in [-0.2, -0.15) is 0 Å². The normalized spacial score (nSPS) is 16.5. The molecule has 2 unspecified atom stereocenters. The first-order valence-corrected chi connectivity index (χ1v) is 12.1. The summed E-state index contributed by atoms with van der Waals surface area (Å²) in [6, 6.07) is 13.1. The maximum Gasteiger partial charge on any atom is 0.335 e. The minimum Gasteiger partial charge on any atom is -0.478 e. The summed E-state index contributed by atoms with van der Waals surface area (Å²) in [5.74, 6) is -0.214. The van der Waals surface area contributed by atoms with Crippen molar-refractivity contribution >= 4 is 29.6 Å². The Morgan fingerprint density at radius 1 is 1.22 bits per heavy atom. The second-order valence-electron chi connectivity index (χ2n) is 7.83. The number of Topliss-reactive ketones (excluding diaryl/α,β-unsaturated/α-hetero) is 1. The van der Waals surface area contributed by atoms with E-state index >= 15 is 0 Å². The van der Waals surface area contributed by atoms with E-state index in [4.69, 9.17) is 5.11 Å². The number of aryl methyl sites for hydroxylation is 1. The molecular formula is C27H32O4S. The molecule has 1 aliphatic rings. The molecule has 0 aliphatic heterocycles. The number of carboxylic acids is 1. The smallest absolute Gasteiger partial charge is 0.335 e. The van der Waals surface area contributed by atoms with E-state index in [1.807, 2.05) is 55.7 Å². The van der Waals surface area contributed by atoms with Crippen LogP contribution in [0.15, 0.2) is 66.1 Å². The lowest BCUT2D eigenvalue weighted by atomic mass is 10.0. The number of aromatic carboxylic acids is 1. The molecule has 1 aliphatic carbocycles. The van der Waals surface area contributed by atoms with Crippen LogP contribution in [0.25, 0.3) is 6.08 Å². The number of rotatable bonds is 8. The summed E-state index contributed by atoms with van der Waals surface area (Å²) in [6.07, 6.45) is 11.0. The standard InChI is InChI=1S/C18H22O2S.C9H10O2/c1-3-15-7-4-14(12-18(15)21-2)11-17(20)9-6-13-5-8-16(19)10-13;1-2-7-3-5-8(6-4-7)9(10)11/h3-4,6-7,9,12-13,17,20H,1,5,8,10-11H2,2H3;3-6H,2H2,1H3,(H,10,11)/b9-6+;. The largest absolute Gasteiger partial charge is 0.478 e. The van der Waals surface area contributed by atoms with Crippen LogP contribution in [-0.4, -0.2) is 34.3 Å². The number of hydrogen-bond acceptors (Lipinski definition) is 4. The number of benzene rings is 2. The molecule has 1 saturated carbocycles. The van der Waals surface area contributed by atoms with Gasteiger partial charge >= 0.3 is 5.97 Å². The van der Waals surface area contributed by atoms with Crippen molar-refractivity contribution in [3.8, 4) is 0 Å². The van der Waals surface area contributed by atoms with Crippen LogP contribution in [0.4, 0.5) is 0 Å². The number of aliphatic hydroxyl groups excluding tert-OH is 1. The first-order valence-electron chi connectivity index (χ1n) is 10.9. The fourth-order valence-electron chi connectivity index (χ4n) is 3.54. The minimum atomic E-state index is -0.868. The molecule has 0 radical (unpaired) electrons. The molecule has 2 aromatic carbocycles. The number of hydrogen-bond donors (Lipinski definition) is 2. The van der Waals surface area contributed by atoms with Crippen molar-refractivity contribution in [2.24, 2.45) is 5.92 Å². The summed E-state index contributed by atoms with van der Waals surface area (Å²) < 4.78 is 0. The SMILES string of the molecule is C=Cc1ccc(CC(O)/C=C/C2CCC(=O)C2)cc1SC.CCc1ccc(C(=O)O)cc1. The minimum absolute atomic E-state index is 0.317. The number of thioether (sulfide) groups is 1. The Morgan fingerprint density at radius 3 is 2.44 bits per heavy atom. The Kier molecular flexibility index (Phi) is 10.4. The van der Waals surface area contributed by atoms with Gasteiger partial charge in [0.1, 0.15) is 5.78 Å². The molecular weight excluding hydrogens is 420 g/mol. The number of ketones is 1. The maximum atomic E-state index is 11.2. The van der Waals surface area contributed by atoms with Gasteiger partial charge in [-0.15, -0.1) is 11.8 Å². The van der Waals surface area contributed by atoms with Crippen molar-refractivity contribution in [1.29, 1.82) is 0 Å². The molecule has 170 valence electrons. The van der Waals surface area contributed by atoms with E-state index < -0.39 is 12.1 Å². The lowest BCUT2D eigenvalue weighted by Gasteiger charge is -2.10. The molecule has 4 nitrogen and oxygen atoms in total. The molecule has 32 heavy (non-hydrogen) atoms. The highest BCUT2D eigenvalue weighted by atomic mass is 32.2. The van der Waals surface area contributed by atoms with Crippen molar-refractivity contribution in [2.75, 3.05) is 6.26 Å². The lowest BCUT2D eigenvalue weighted by Crippen LogP contribution is -2.07. The Balaban J connectivity index is 0.000000278. The third-order valence-corrected chi connectivity index (χ3v) is 6.25. The van der Waals surface area contributed by atoms with Crippen molar-refractivity contribution < 1.29 is 19.8 Å². The molecule has 0 aromatic heterocycles. The summed E-state index contributed by atoms with van der Waals surface area (Å²) in [7, 11) is 0. The van der Waals surface area contributed by atoms with Gasteiger partial charge in [0.15, 0.2) is 0 Å². The summed E-state index contributed by atoms with van der Waals surface area (Å²) in [5, 5.41) is 18.7. The van der Waals surface area contributed by atoms with Crippen LogP contribution in [0.5, 0.6) is 0 Å². The number of carbonyl (C=O) groups is 2. The second kappa shape index (κ2) is 13.0. The number of carboxylic acid groups (broad SMARTS) is 1. The highest BCUT2D eigenvalue weighted by Crippen LogP contribution is 2.25. The lowest BCUT2D eigenvalue weighted by molar-refractivity contribution is -0.117. The highest BCUT2D eigenvalue weighted by molar-refractivity contribution is 7.98. The molecule has 2 aromatic rings. The summed E-state index contributed by atoms with van der Waals surface area (Å²) >= 11 is 1.69. The summed E-state index contributed by atoms with van der Waals surface area (Å²) in [4.78, 5) is 22.8. The molecule has 0 spiro atoms. The van der Waals surface area contributed by atoms with Gasteiger partial charge < -0.3 is 10.2 Å². The monoisotopic (exact) mass is 452 g/mol. The van der Waals surface area contributed by atoms with E-state index in [2.05, 4.69) is 12.6 Å². The Hall–Kier alpha value is -2.63. The van der Waals surface area contributed by atoms with Gasteiger partial charge in [0.05, 0.1) is 11.7 Å². The van der Waals surface area contributed by atoms with Crippen LogP contribution < -0.4 is 0 Å². The van der Waals surface area contributed by atoms with Gasteiger partial charge in [0.2, 0.25) is 0 Å². The highest BCUT2D eigenvalue weighted by Gasteiger charge is 2.19. The van der Waals surface area contributed by atoms with Crippen molar-refractivity contribution in [3.63, 3.8) is 0 Å². The maximum absolute atomic E-state index is 11.2. The molecule has 0 saturated heterocycles. The number of allylic oxidation sites excluding steroid dienone is 1. The van der Waals surface area contributed by atoms with Crippen LogP contribution in [0, 0.1) is 5.92 Å². The van der Waals surface area contributed by atoms with Gasteiger partial charge in [0, 0.05) is 24.2 Å². The zero-order valence-electron chi connectivity index (χ0n) is 18.8. The molecule has 2 atom stereocenters. The predicted molar refractivity (Wildman–Crippen MR) is 132 cm³/mol. The fraction of sp³-hybridized carbons (Fsp3) is 0.333. The van der Waals surface area contributed by atoms with Gasteiger partial charge in [-0.3, -0.25) is 4.79 Å². The molecule has 1 fully saturated rings. The first kappa shape index (κ1) is 25.6. The molecule has 2 N–H and O–H groups in total. The zero-order valence-corrected chi connectivity index (χ0v) is 19.6. The molecule has 0 heterocycles. The van der Waals surface area contributed by atoms with Crippen molar-refractivity contribution in [1.82, 2.24) is 0 Å². The summed E-state index contributed by atoms with van der Waals surface area (Å²) in [6.45, 7) is 5.85. The third-order valence-electron chi connectivity index (χ3n) is 5.46. The number of carbonyl (C=O) groups excluding carboxylic acids is 1. The fourth-order valence-corrected chi connectivity index (χ4v) is 4.19. The van der Waals surface area contributed by atoms with E-state index in [1.165, 1.54) is 4.90 Å². The van der Waals surface area contributed by atoms with Crippen LogP contribution >= 0.6 is 11.8 Å². The average molecular weight is 453 g/mol. The van der Waals surface area contributed by atoms with Gasteiger partial charge in [0.25, 0.3) is 0 Å². The van der Waals surface area contributed by atoms with Gasteiger partial charge in [-0.1, -0.05) is 56.0 Å². The van der Waals surface area contributed by atoms with E-state index in [1.54, 1.807) is 23.9 Å². The van der Waals surface area contributed by atoms with E-state index in [0.29, 0.717) is 36.5 Å². The summed E-state index contributed by atoms with van der Waals surface area (Å²) in [5.41, 5.74) is 3.75. The van der Waals surface area contributed by atoms with E-state index in [-0.39, 0.29) is 0 Å². The van der Waals surface area contributed by atoms with Crippen LogP contribution in [0.3, 0.4) is 0 Å². The molecule has 5 heteroatoms. The van der Waals surface area contributed by atoms with E-state index in [0.717, 1.165) is 29.5 Å². The van der Waals surface area contributed by atoms with Crippen molar-refractivity contribution in [2.45, 2.75) is 50.0 Å². The quantitative estimate of drug-likeness (QED) is 0.389. The molecule has 0 amide bonds. The number of aliphatic hydroxyl groups is 1. The zero-order chi connectivity index (χ0) is 23.5. The topological polar surface area (TPSA) is 74.6 Å². The average Bonchev–Trinajstić information content (AvgIpc) is 3.23. The first-order chi connectivity index (χ1) is 15.4.